The van der Waals surface area contributed by atoms with Crippen molar-refractivity contribution in [1.29, 1.82) is 5.26 Å². The number of hydrogen-bond donors (Lipinski definition) is 2. The average Bonchev–Trinajstić information content (AvgIpc) is 2.38. The quantitative estimate of drug-likeness (QED) is 0.897. The van der Waals surface area contributed by atoms with Crippen LogP contribution in [0.1, 0.15) is 11.4 Å². The van der Waals surface area contributed by atoms with Gasteiger partial charge in [0, 0.05) is 18.2 Å². The maximum Gasteiger partial charge on any atom is 0.158 e. The Labute approximate surface area is 121 Å². The topological polar surface area (TPSA) is 96.9 Å². The van der Waals surface area contributed by atoms with E-state index in [1.165, 1.54) is 0 Å². The van der Waals surface area contributed by atoms with E-state index in [0.29, 0.717) is 33.7 Å². The van der Waals surface area contributed by atoms with Gasteiger partial charge in [-0.3, -0.25) is 0 Å². The summed E-state index contributed by atoms with van der Waals surface area (Å²) in [6.07, 6.45) is 0. The standard InChI is InChI=1S/C13H12ClN5O/c1-20-7-13-18-11(16)5-12(19-13)17-10-4-9(14)3-2-8(10)6-15/h2-5H,7H2,1H3,(H3,16,17,18,19). The second-order valence-electron chi connectivity index (χ2n) is 3.95. The number of nitrogens with two attached hydrogens (primary N) is 1. The van der Waals surface area contributed by atoms with Crippen molar-refractivity contribution < 1.29 is 4.74 Å². The van der Waals surface area contributed by atoms with Crippen molar-refractivity contribution >= 4 is 28.9 Å². The fourth-order valence-electron chi connectivity index (χ4n) is 1.63. The minimum atomic E-state index is 0.250. The van der Waals surface area contributed by atoms with Crippen molar-refractivity contribution in [1.82, 2.24) is 9.97 Å². The van der Waals surface area contributed by atoms with Gasteiger partial charge in [-0.15, -0.1) is 0 Å². The Morgan fingerprint density at radius 1 is 1.40 bits per heavy atom. The van der Waals surface area contributed by atoms with Gasteiger partial charge in [0.15, 0.2) is 5.82 Å². The number of hydrogen-bond acceptors (Lipinski definition) is 6. The molecule has 0 atom stereocenters. The number of nitrogen functional groups attached to an aromatic ring is 1. The lowest BCUT2D eigenvalue weighted by atomic mass is 10.2. The molecular formula is C13H12ClN5O. The molecule has 2 aromatic rings. The SMILES string of the molecule is COCc1nc(N)cc(Nc2cc(Cl)ccc2C#N)n1. The minimum Gasteiger partial charge on any atom is -0.384 e. The highest BCUT2D eigenvalue weighted by Crippen LogP contribution is 2.24. The van der Waals surface area contributed by atoms with Crippen molar-refractivity contribution in [2.24, 2.45) is 0 Å². The highest BCUT2D eigenvalue weighted by Gasteiger charge is 2.07. The van der Waals surface area contributed by atoms with Gasteiger partial charge in [-0.2, -0.15) is 5.26 Å². The molecule has 2 rings (SSSR count). The summed E-state index contributed by atoms with van der Waals surface area (Å²) in [5.74, 6) is 1.24. The monoisotopic (exact) mass is 289 g/mol. The average molecular weight is 290 g/mol. The first-order valence-corrected chi connectivity index (χ1v) is 6.09. The number of nitrogens with one attached hydrogen (secondary N) is 1. The zero-order chi connectivity index (χ0) is 14.5. The van der Waals surface area contributed by atoms with Crippen LogP contribution >= 0.6 is 11.6 Å². The second kappa shape index (κ2) is 6.19. The summed E-state index contributed by atoms with van der Waals surface area (Å²) >= 11 is 5.93. The van der Waals surface area contributed by atoms with Crippen molar-refractivity contribution in [3.8, 4) is 6.07 Å². The first-order chi connectivity index (χ1) is 9.62. The van der Waals surface area contributed by atoms with E-state index in [2.05, 4.69) is 21.4 Å². The summed E-state index contributed by atoms with van der Waals surface area (Å²) in [6, 6.07) is 8.57. The fourth-order valence-corrected chi connectivity index (χ4v) is 1.80. The van der Waals surface area contributed by atoms with Gasteiger partial charge in [-0.1, -0.05) is 11.6 Å². The molecule has 0 bridgehead atoms. The molecule has 0 aliphatic carbocycles. The summed E-state index contributed by atoms with van der Waals surface area (Å²) in [4.78, 5) is 8.28. The van der Waals surface area contributed by atoms with E-state index in [9.17, 15) is 0 Å². The predicted octanol–water partition coefficient (Wildman–Crippen LogP) is 2.47. The number of nitrogens with zero attached hydrogens (tertiary/aromatic N) is 3. The lowest BCUT2D eigenvalue weighted by Gasteiger charge is -2.09. The zero-order valence-electron chi connectivity index (χ0n) is 10.7. The maximum absolute atomic E-state index is 9.07. The number of halogens is 1. The number of nitriles is 1. The molecule has 0 aliphatic rings. The number of methoxy groups -OCH3 is 1. The van der Waals surface area contributed by atoms with Gasteiger partial charge in [0.2, 0.25) is 0 Å². The van der Waals surface area contributed by atoms with Crippen molar-refractivity contribution in [3.05, 3.63) is 40.7 Å². The highest BCUT2D eigenvalue weighted by molar-refractivity contribution is 6.30. The number of rotatable bonds is 4. The Morgan fingerprint density at radius 3 is 2.90 bits per heavy atom. The first kappa shape index (κ1) is 14.1. The summed E-state index contributed by atoms with van der Waals surface area (Å²) in [5, 5.41) is 12.6. The first-order valence-electron chi connectivity index (χ1n) is 5.71. The van der Waals surface area contributed by atoms with Crippen molar-refractivity contribution in [3.63, 3.8) is 0 Å². The number of ether oxygens (including phenoxy) is 1. The summed E-state index contributed by atoms with van der Waals surface area (Å²) in [7, 11) is 1.55. The molecule has 0 unspecified atom stereocenters. The fraction of sp³-hybridized carbons (Fsp3) is 0.154. The van der Waals surface area contributed by atoms with Crippen LogP contribution in [0.4, 0.5) is 17.3 Å². The van der Waals surface area contributed by atoms with Crippen LogP contribution in [0.15, 0.2) is 24.3 Å². The lowest BCUT2D eigenvalue weighted by molar-refractivity contribution is 0.178. The molecule has 0 saturated heterocycles. The summed E-state index contributed by atoms with van der Waals surface area (Å²) in [5.41, 5.74) is 6.72. The second-order valence-corrected chi connectivity index (χ2v) is 4.39. The van der Waals surface area contributed by atoms with Crippen LogP contribution in [-0.2, 0) is 11.3 Å². The zero-order valence-corrected chi connectivity index (χ0v) is 11.5. The smallest absolute Gasteiger partial charge is 0.158 e. The van der Waals surface area contributed by atoms with Crippen LogP contribution in [0.3, 0.4) is 0 Å². The van der Waals surface area contributed by atoms with E-state index in [1.807, 2.05) is 0 Å². The Morgan fingerprint density at radius 2 is 2.20 bits per heavy atom. The van der Waals surface area contributed by atoms with Crippen LogP contribution in [0.25, 0.3) is 0 Å². The third-order valence-electron chi connectivity index (χ3n) is 2.43. The van der Waals surface area contributed by atoms with Gasteiger partial charge in [0.25, 0.3) is 0 Å². The van der Waals surface area contributed by atoms with E-state index >= 15 is 0 Å². The molecule has 0 fully saturated rings. The van der Waals surface area contributed by atoms with E-state index in [0.717, 1.165) is 0 Å². The van der Waals surface area contributed by atoms with Crippen LogP contribution < -0.4 is 11.1 Å². The van der Waals surface area contributed by atoms with E-state index in [1.54, 1.807) is 31.4 Å². The van der Waals surface area contributed by atoms with Gasteiger partial charge in [-0.05, 0) is 18.2 Å². The molecule has 0 saturated carbocycles. The van der Waals surface area contributed by atoms with E-state index in [4.69, 9.17) is 27.3 Å². The van der Waals surface area contributed by atoms with Crippen LogP contribution in [0.2, 0.25) is 5.02 Å². The van der Waals surface area contributed by atoms with Crippen LogP contribution in [-0.4, -0.2) is 17.1 Å². The molecular weight excluding hydrogens is 278 g/mol. The third kappa shape index (κ3) is 3.35. The van der Waals surface area contributed by atoms with Crippen molar-refractivity contribution in [2.75, 3.05) is 18.2 Å². The van der Waals surface area contributed by atoms with Gasteiger partial charge < -0.3 is 15.8 Å². The molecule has 0 spiro atoms. The Kier molecular flexibility index (Phi) is 4.35. The molecule has 0 aliphatic heterocycles. The molecule has 102 valence electrons. The van der Waals surface area contributed by atoms with Gasteiger partial charge in [-0.25, -0.2) is 9.97 Å². The van der Waals surface area contributed by atoms with Gasteiger partial charge in [0.1, 0.15) is 24.3 Å². The normalized spacial score (nSPS) is 10.1. The molecule has 7 heteroatoms. The largest absolute Gasteiger partial charge is 0.384 e. The molecule has 1 heterocycles. The Bertz CT molecular complexity index is 668. The Hall–Kier alpha value is -2.36. The molecule has 0 radical (unpaired) electrons. The molecule has 0 amide bonds. The van der Waals surface area contributed by atoms with E-state index < -0.39 is 0 Å². The molecule has 1 aromatic heterocycles. The number of benzene rings is 1. The summed E-state index contributed by atoms with van der Waals surface area (Å²) < 4.78 is 4.97. The van der Waals surface area contributed by atoms with Gasteiger partial charge in [0.05, 0.1) is 11.3 Å². The predicted molar refractivity (Wildman–Crippen MR) is 76.6 cm³/mol. The maximum atomic E-state index is 9.07. The number of anilines is 3. The molecule has 20 heavy (non-hydrogen) atoms. The Balaban J connectivity index is 2.35. The minimum absolute atomic E-state index is 0.250. The molecule has 1 aromatic carbocycles. The van der Waals surface area contributed by atoms with Crippen LogP contribution in [0, 0.1) is 11.3 Å². The molecule has 6 nitrogen and oxygen atoms in total. The van der Waals surface area contributed by atoms with Gasteiger partial charge >= 0.3 is 0 Å². The lowest BCUT2D eigenvalue weighted by Crippen LogP contribution is -2.05. The third-order valence-corrected chi connectivity index (χ3v) is 2.67. The number of aromatic nitrogens is 2. The van der Waals surface area contributed by atoms with Crippen LogP contribution in [0.5, 0.6) is 0 Å². The molecule has 3 N–H and O–H groups in total. The highest BCUT2D eigenvalue weighted by atomic mass is 35.5. The van der Waals surface area contributed by atoms with E-state index in [-0.39, 0.29) is 6.61 Å². The van der Waals surface area contributed by atoms with Crippen molar-refractivity contribution in [2.45, 2.75) is 6.61 Å². The summed E-state index contributed by atoms with van der Waals surface area (Å²) in [6.45, 7) is 0.250.